The van der Waals surface area contributed by atoms with Crippen LogP contribution in [0.1, 0.15) is 64.7 Å². The van der Waals surface area contributed by atoms with Gasteiger partial charge in [0.2, 0.25) is 11.8 Å². The molecule has 3 fully saturated rings. The zero-order valence-corrected chi connectivity index (χ0v) is 16.6. The Morgan fingerprint density at radius 1 is 0.960 bits per heavy atom. The van der Waals surface area contributed by atoms with Crippen molar-refractivity contribution in [3.8, 4) is 0 Å². The summed E-state index contributed by atoms with van der Waals surface area (Å²) < 4.78 is 0. The van der Waals surface area contributed by atoms with Crippen LogP contribution in [0.5, 0.6) is 0 Å². The number of likely N-dealkylation sites (N-methyl/N-ethyl adjacent to an activating group) is 1. The highest BCUT2D eigenvalue weighted by atomic mass is 35.5. The van der Waals surface area contributed by atoms with E-state index in [2.05, 4.69) is 22.0 Å². The van der Waals surface area contributed by atoms with Crippen LogP contribution in [-0.4, -0.2) is 59.9 Å². The SMILES string of the molecule is CNC(=O)C1(N2CCC[C@H]2C(=O)N2CCC(C)CC2)CCCCC1.Cl. The maximum Gasteiger partial charge on any atom is 0.240 e. The summed E-state index contributed by atoms with van der Waals surface area (Å²) in [6.07, 6.45) is 9.33. The highest BCUT2D eigenvalue weighted by Gasteiger charge is 2.50. The van der Waals surface area contributed by atoms with Crippen LogP contribution in [0.25, 0.3) is 0 Å². The van der Waals surface area contributed by atoms with Gasteiger partial charge in [-0.15, -0.1) is 12.4 Å². The second-order valence-corrected chi connectivity index (χ2v) is 8.03. The highest BCUT2D eigenvalue weighted by Crippen LogP contribution is 2.39. The van der Waals surface area contributed by atoms with Crippen molar-refractivity contribution in [3.05, 3.63) is 0 Å². The minimum Gasteiger partial charge on any atom is -0.358 e. The van der Waals surface area contributed by atoms with Crippen molar-refractivity contribution in [3.63, 3.8) is 0 Å². The Kier molecular flexibility index (Phi) is 7.15. The molecule has 3 rings (SSSR count). The van der Waals surface area contributed by atoms with E-state index in [1.807, 2.05) is 0 Å². The van der Waals surface area contributed by atoms with Crippen molar-refractivity contribution in [2.75, 3.05) is 26.7 Å². The van der Waals surface area contributed by atoms with Crippen molar-refractivity contribution in [1.29, 1.82) is 0 Å². The first-order chi connectivity index (χ1) is 11.6. The molecule has 0 spiro atoms. The summed E-state index contributed by atoms with van der Waals surface area (Å²) in [5.74, 6) is 1.12. The fourth-order valence-corrected chi connectivity index (χ4v) is 4.99. The molecule has 2 amide bonds. The molecule has 0 bridgehead atoms. The smallest absolute Gasteiger partial charge is 0.240 e. The summed E-state index contributed by atoms with van der Waals surface area (Å²) >= 11 is 0. The third-order valence-electron chi connectivity index (χ3n) is 6.51. The van der Waals surface area contributed by atoms with Gasteiger partial charge in [0.1, 0.15) is 5.54 Å². The molecule has 0 aromatic rings. The van der Waals surface area contributed by atoms with Gasteiger partial charge in [-0.3, -0.25) is 14.5 Å². The standard InChI is InChI=1S/C19H33N3O2.ClH/c1-15-8-13-21(14-9-15)17(23)16-7-6-12-22(16)19(18(24)20-2)10-4-3-5-11-19;/h15-16H,3-14H2,1-2H3,(H,20,24);1H/t16-;/m0./s1. The van der Waals surface area contributed by atoms with Crippen LogP contribution >= 0.6 is 12.4 Å². The summed E-state index contributed by atoms with van der Waals surface area (Å²) in [6, 6.07) is -0.0891. The van der Waals surface area contributed by atoms with Gasteiger partial charge in [0.25, 0.3) is 0 Å². The first-order valence-corrected chi connectivity index (χ1v) is 9.86. The topological polar surface area (TPSA) is 52.7 Å². The summed E-state index contributed by atoms with van der Waals surface area (Å²) in [4.78, 5) is 30.3. The quantitative estimate of drug-likeness (QED) is 0.829. The molecule has 2 aliphatic heterocycles. The van der Waals surface area contributed by atoms with E-state index in [4.69, 9.17) is 0 Å². The molecule has 0 aromatic heterocycles. The third kappa shape index (κ3) is 3.97. The molecule has 0 radical (unpaired) electrons. The third-order valence-corrected chi connectivity index (χ3v) is 6.51. The molecule has 1 N–H and O–H groups in total. The summed E-state index contributed by atoms with van der Waals surface area (Å²) in [7, 11) is 1.73. The largest absolute Gasteiger partial charge is 0.358 e. The molecule has 1 saturated carbocycles. The first kappa shape index (κ1) is 20.5. The molecular formula is C19H34ClN3O2. The van der Waals surface area contributed by atoms with Crippen molar-refractivity contribution < 1.29 is 9.59 Å². The van der Waals surface area contributed by atoms with Gasteiger partial charge in [-0.1, -0.05) is 26.2 Å². The molecule has 25 heavy (non-hydrogen) atoms. The maximum absolute atomic E-state index is 13.2. The normalized spacial score (nSPS) is 27.6. The van der Waals surface area contributed by atoms with Gasteiger partial charge in [-0.2, -0.15) is 0 Å². The molecule has 144 valence electrons. The van der Waals surface area contributed by atoms with Crippen molar-refractivity contribution >= 4 is 24.2 Å². The molecular weight excluding hydrogens is 338 g/mol. The van der Waals surface area contributed by atoms with Crippen LogP contribution in [0, 0.1) is 5.92 Å². The number of carbonyl (C=O) groups is 2. The summed E-state index contributed by atoms with van der Waals surface area (Å²) in [6.45, 7) is 4.93. The van der Waals surface area contributed by atoms with E-state index >= 15 is 0 Å². The summed E-state index contributed by atoms with van der Waals surface area (Å²) in [5, 5.41) is 2.89. The zero-order chi connectivity index (χ0) is 17.2. The molecule has 1 atom stereocenters. The molecule has 6 heteroatoms. The maximum atomic E-state index is 13.2. The lowest BCUT2D eigenvalue weighted by atomic mass is 9.79. The number of hydrogen-bond acceptors (Lipinski definition) is 3. The molecule has 1 aliphatic carbocycles. The average molecular weight is 372 g/mol. The number of halogens is 1. The molecule has 2 saturated heterocycles. The number of piperidine rings is 1. The van der Waals surface area contributed by atoms with Gasteiger partial charge in [0.05, 0.1) is 6.04 Å². The van der Waals surface area contributed by atoms with E-state index in [0.29, 0.717) is 0 Å². The molecule has 0 unspecified atom stereocenters. The van der Waals surface area contributed by atoms with Crippen molar-refractivity contribution in [2.24, 2.45) is 5.92 Å². The number of rotatable bonds is 3. The minimum absolute atomic E-state index is 0. The van der Waals surface area contributed by atoms with Crippen LogP contribution < -0.4 is 5.32 Å². The monoisotopic (exact) mass is 371 g/mol. The Labute approximate surface area is 158 Å². The number of amides is 2. The first-order valence-electron chi connectivity index (χ1n) is 9.86. The fourth-order valence-electron chi connectivity index (χ4n) is 4.99. The van der Waals surface area contributed by atoms with Gasteiger partial charge >= 0.3 is 0 Å². The van der Waals surface area contributed by atoms with Crippen molar-refractivity contribution in [1.82, 2.24) is 15.1 Å². The number of nitrogens with zero attached hydrogens (tertiary/aromatic N) is 2. The van der Waals surface area contributed by atoms with E-state index in [-0.39, 0.29) is 30.3 Å². The molecule has 5 nitrogen and oxygen atoms in total. The van der Waals surface area contributed by atoms with Crippen LogP contribution in [-0.2, 0) is 9.59 Å². The van der Waals surface area contributed by atoms with E-state index < -0.39 is 5.54 Å². The zero-order valence-electron chi connectivity index (χ0n) is 15.8. The Morgan fingerprint density at radius 2 is 1.60 bits per heavy atom. The lowest BCUT2D eigenvalue weighted by molar-refractivity contribution is -0.146. The van der Waals surface area contributed by atoms with Gasteiger partial charge in [0.15, 0.2) is 0 Å². The molecule has 3 aliphatic rings. The van der Waals surface area contributed by atoms with Crippen molar-refractivity contribution in [2.45, 2.75) is 76.3 Å². The van der Waals surface area contributed by atoms with Gasteiger partial charge in [0, 0.05) is 26.7 Å². The second kappa shape index (κ2) is 8.72. The Morgan fingerprint density at radius 3 is 2.20 bits per heavy atom. The Hall–Kier alpha value is -0.810. The number of likely N-dealkylation sites (tertiary alicyclic amines) is 2. The summed E-state index contributed by atoms with van der Waals surface area (Å²) in [5.41, 5.74) is -0.451. The van der Waals surface area contributed by atoms with Gasteiger partial charge in [-0.05, 0) is 44.4 Å². The van der Waals surface area contributed by atoms with Gasteiger partial charge in [-0.25, -0.2) is 0 Å². The van der Waals surface area contributed by atoms with E-state index in [1.54, 1.807) is 7.05 Å². The Bertz CT molecular complexity index is 471. The predicted molar refractivity (Wildman–Crippen MR) is 102 cm³/mol. The predicted octanol–water partition coefficient (Wildman–Crippen LogP) is 2.58. The fraction of sp³-hybridized carbons (Fsp3) is 0.895. The van der Waals surface area contributed by atoms with Crippen LogP contribution in [0.15, 0.2) is 0 Å². The van der Waals surface area contributed by atoms with Gasteiger partial charge < -0.3 is 10.2 Å². The lowest BCUT2D eigenvalue weighted by Crippen LogP contribution is -2.63. The molecule has 2 heterocycles. The second-order valence-electron chi connectivity index (χ2n) is 8.03. The van der Waals surface area contributed by atoms with E-state index in [9.17, 15) is 9.59 Å². The number of nitrogens with one attached hydrogen (secondary N) is 1. The highest BCUT2D eigenvalue weighted by molar-refractivity contribution is 5.88. The molecule has 0 aromatic carbocycles. The lowest BCUT2D eigenvalue weighted by Gasteiger charge is -2.46. The van der Waals surface area contributed by atoms with Crippen LogP contribution in [0.2, 0.25) is 0 Å². The number of carbonyl (C=O) groups excluding carboxylic acids is 2. The minimum atomic E-state index is -0.451. The number of hydrogen-bond donors (Lipinski definition) is 1. The van der Waals surface area contributed by atoms with E-state index in [1.165, 1.54) is 6.42 Å². The average Bonchev–Trinajstić information content (AvgIpc) is 3.12. The van der Waals surface area contributed by atoms with Crippen LogP contribution in [0.4, 0.5) is 0 Å². The van der Waals surface area contributed by atoms with E-state index in [0.717, 1.165) is 76.9 Å². The van der Waals surface area contributed by atoms with Crippen LogP contribution in [0.3, 0.4) is 0 Å². The Balaban J connectivity index is 0.00000225.